The van der Waals surface area contributed by atoms with Gasteiger partial charge < -0.3 is 20.1 Å². The van der Waals surface area contributed by atoms with E-state index in [4.69, 9.17) is 0 Å². The third-order valence-corrected chi connectivity index (χ3v) is 14.2. The minimum atomic E-state index is -0.973. The number of H-pyrrole nitrogens is 1. The highest BCUT2D eigenvalue weighted by atomic mass is 16.2. The Kier molecular flexibility index (Phi) is 11.2. The monoisotopic (exact) mass is 836 g/mol. The number of nitrogens with one attached hydrogen (secondary N) is 3. The number of aromatic nitrogens is 1. The molecule has 0 radical (unpaired) electrons. The van der Waals surface area contributed by atoms with Gasteiger partial charge in [-0.05, 0) is 92.6 Å². The topological polar surface area (TPSA) is 162 Å². The van der Waals surface area contributed by atoms with Crippen LogP contribution in [0.25, 0.3) is 10.9 Å². The van der Waals surface area contributed by atoms with Crippen molar-refractivity contribution < 1.29 is 24.0 Å². The summed E-state index contributed by atoms with van der Waals surface area (Å²) in [4.78, 5) is 77.2. The quantitative estimate of drug-likeness (QED) is 0.112. The zero-order valence-corrected chi connectivity index (χ0v) is 36.1. The zero-order chi connectivity index (χ0) is 43.3. The van der Waals surface area contributed by atoms with Gasteiger partial charge >= 0.3 is 0 Å². The lowest BCUT2D eigenvalue weighted by Crippen LogP contribution is -2.54. The molecule has 62 heavy (non-hydrogen) atoms. The number of ketones is 1. The molecule has 4 aliphatic heterocycles. The van der Waals surface area contributed by atoms with E-state index in [0.29, 0.717) is 35.0 Å². The molecule has 0 bridgehead atoms. The first-order valence-corrected chi connectivity index (χ1v) is 22.6. The molecule has 4 aromatic rings. The lowest BCUT2D eigenvalue weighted by atomic mass is 9.70. The SMILES string of the molecule is CCc1cc2c(cc1N1CCC(N3CCN(CCCCCCNc4cccc5c4C(=O)N(C4CCC(=O)NC4=O)C5=O)CC3)CC1)C(C)(C)c1[nH]c3cc(C#N)ccc3c1C2=O. The van der Waals surface area contributed by atoms with Crippen LogP contribution in [-0.2, 0) is 21.4 Å². The predicted octanol–water partition coefficient (Wildman–Crippen LogP) is 6.13. The Morgan fingerprint density at radius 1 is 0.839 bits per heavy atom. The molecule has 0 saturated carbocycles. The van der Waals surface area contributed by atoms with Crippen molar-refractivity contribution in [3.63, 3.8) is 0 Å². The Labute approximate surface area is 362 Å². The summed E-state index contributed by atoms with van der Waals surface area (Å²) >= 11 is 0. The number of fused-ring (bicyclic) bond motifs is 5. The van der Waals surface area contributed by atoms with Gasteiger partial charge in [-0.2, -0.15) is 5.26 Å². The van der Waals surface area contributed by atoms with E-state index in [-0.39, 0.29) is 24.5 Å². The summed E-state index contributed by atoms with van der Waals surface area (Å²) in [5, 5.41) is 16.0. The standard InChI is InChI=1S/C49H56N8O5/c1-4-31-27-35-36(49(2,3)45-43(44(35)59)33-13-12-30(29-50)26-38(33)52-45)28-40(31)56-20-16-32(17-21-56)55-24-22-54(23-25-55)19-8-6-5-7-18-51-37-11-9-10-34-42(37)48(62)57(47(34)61)39-14-15-41(58)53-46(39)60/h9-13,26-28,32,39,51-52H,4-8,14-25H2,1-3H3,(H,53,58,60). The molecule has 9 rings (SSSR count). The number of nitriles is 1. The number of hydrogen-bond donors (Lipinski definition) is 3. The summed E-state index contributed by atoms with van der Waals surface area (Å²) in [5.41, 5.74) is 8.21. The summed E-state index contributed by atoms with van der Waals surface area (Å²) in [6, 6.07) is 17.0. The molecule has 1 atom stereocenters. The number of amides is 4. The average Bonchev–Trinajstić information content (AvgIpc) is 3.80. The highest BCUT2D eigenvalue weighted by Gasteiger charge is 2.46. The lowest BCUT2D eigenvalue weighted by Gasteiger charge is -2.44. The van der Waals surface area contributed by atoms with Crippen molar-refractivity contribution in [1.82, 2.24) is 25.0 Å². The average molecular weight is 837 g/mol. The molecule has 1 aliphatic carbocycles. The van der Waals surface area contributed by atoms with Gasteiger partial charge in [-0.3, -0.25) is 39.1 Å². The molecule has 1 unspecified atom stereocenters. The van der Waals surface area contributed by atoms with Crippen LogP contribution in [-0.4, -0.2) is 114 Å². The number of benzene rings is 3. The molecule has 0 spiro atoms. The second-order valence-corrected chi connectivity index (χ2v) is 18.2. The Hall–Kier alpha value is -5.84. The van der Waals surface area contributed by atoms with Crippen molar-refractivity contribution in [2.45, 2.75) is 96.1 Å². The van der Waals surface area contributed by atoms with E-state index in [1.54, 1.807) is 24.3 Å². The lowest BCUT2D eigenvalue weighted by molar-refractivity contribution is -0.136. The van der Waals surface area contributed by atoms with Gasteiger partial charge in [-0.15, -0.1) is 0 Å². The Balaban J connectivity index is 0.720. The summed E-state index contributed by atoms with van der Waals surface area (Å²) in [5.74, 6) is -1.91. The van der Waals surface area contributed by atoms with Gasteiger partial charge in [0.15, 0.2) is 5.78 Å². The Morgan fingerprint density at radius 2 is 1.61 bits per heavy atom. The van der Waals surface area contributed by atoms with Gasteiger partial charge in [-0.1, -0.05) is 45.7 Å². The first kappa shape index (κ1) is 41.5. The molecule has 13 nitrogen and oxygen atoms in total. The maximum Gasteiger partial charge on any atom is 0.264 e. The molecular formula is C49H56N8O5. The zero-order valence-electron chi connectivity index (χ0n) is 36.1. The molecule has 3 N–H and O–H groups in total. The number of piperazine rings is 1. The maximum absolute atomic E-state index is 14.1. The van der Waals surface area contributed by atoms with Crippen LogP contribution in [0, 0.1) is 11.3 Å². The first-order valence-electron chi connectivity index (χ1n) is 22.6. The molecule has 3 aromatic carbocycles. The van der Waals surface area contributed by atoms with Gasteiger partial charge in [0.1, 0.15) is 6.04 Å². The Bertz CT molecular complexity index is 2520. The second kappa shape index (κ2) is 16.8. The minimum Gasteiger partial charge on any atom is -0.384 e. The van der Waals surface area contributed by atoms with Crippen LogP contribution in [0.3, 0.4) is 0 Å². The van der Waals surface area contributed by atoms with E-state index < -0.39 is 29.2 Å². The van der Waals surface area contributed by atoms with E-state index >= 15 is 0 Å². The molecule has 322 valence electrons. The largest absolute Gasteiger partial charge is 0.384 e. The number of unbranched alkanes of at least 4 members (excludes halogenated alkanes) is 3. The Morgan fingerprint density at radius 3 is 2.35 bits per heavy atom. The van der Waals surface area contributed by atoms with Crippen molar-refractivity contribution >= 4 is 51.7 Å². The summed E-state index contributed by atoms with van der Waals surface area (Å²) in [6.07, 6.45) is 7.59. The van der Waals surface area contributed by atoms with Gasteiger partial charge in [0, 0.05) is 97.2 Å². The van der Waals surface area contributed by atoms with Crippen molar-refractivity contribution in [3.05, 3.63) is 93.2 Å². The molecule has 5 heterocycles. The number of aromatic amines is 1. The predicted molar refractivity (Wildman–Crippen MR) is 238 cm³/mol. The summed E-state index contributed by atoms with van der Waals surface area (Å²) in [7, 11) is 0. The van der Waals surface area contributed by atoms with E-state index in [2.05, 4.69) is 69.3 Å². The smallest absolute Gasteiger partial charge is 0.264 e. The molecule has 3 saturated heterocycles. The third-order valence-electron chi connectivity index (χ3n) is 14.2. The van der Waals surface area contributed by atoms with Crippen LogP contribution in [0.1, 0.15) is 131 Å². The van der Waals surface area contributed by atoms with Gasteiger partial charge in [0.25, 0.3) is 11.8 Å². The molecular weight excluding hydrogens is 781 g/mol. The molecule has 3 fully saturated rings. The number of aryl methyl sites for hydroxylation is 1. The summed E-state index contributed by atoms with van der Waals surface area (Å²) < 4.78 is 0. The summed E-state index contributed by atoms with van der Waals surface area (Å²) in [6.45, 7) is 14.7. The number of carbonyl (C=O) groups is 5. The fraction of sp³-hybridized carbons (Fsp3) is 0.469. The van der Waals surface area contributed by atoms with E-state index in [9.17, 15) is 29.2 Å². The van der Waals surface area contributed by atoms with Crippen molar-refractivity contribution in [2.24, 2.45) is 0 Å². The van der Waals surface area contributed by atoms with E-state index in [1.165, 1.54) is 11.3 Å². The van der Waals surface area contributed by atoms with E-state index in [0.717, 1.165) is 129 Å². The van der Waals surface area contributed by atoms with Crippen LogP contribution in [0.5, 0.6) is 0 Å². The second-order valence-electron chi connectivity index (χ2n) is 18.2. The molecule has 1 aromatic heterocycles. The first-order chi connectivity index (χ1) is 30.0. The number of carbonyl (C=O) groups excluding carboxylic acids is 5. The fourth-order valence-corrected chi connectivity index (χ4v) is 10.7. The van der Waals surface area contributed by atoms with Crippen LogP contribution in [0.4, 0.5) is 11.4 Å². The van der Waals surface area contributed by atoms with Gasteiger partial charge in [-0.25, -0.2) is 0 Å². The highest BCUT2D eigenvalue weighted by Crippen LogP contribution is 2.46. The highest BCUT2D eigenvalue weighted by molar-refractivity contribution is 6.25. The van der Waals surface area contributed by atoms with Crippen LogP contribution < -0.4 is 15.5 Å². The third kappa shape index (κ3) is 7.36. The fourth-order valence-electron chi connectivity index (χ4n) is 10.7. The van der Waals surface area contributed by atoms with Crippen molar-refractivity contribution in [2.75, 3.05) is 62.6 Å². The molecule has 13 heteroatoms. The number of hydrogen-bond acceptors (Lipinski definition) is 10. The number of piperidine rings is 2. The van der Waals surface area contributed by atoms with Crippen molar-refractivity contribution in [3.8, 4) is 6.07 Å². The van der Waals surface area contributed by atoms with E-state index in [1.807, 2.05) is 12.1 Å². The normalized spacial score (nSPS) is 20.6. The van der Waals surface area contributed by atoms with Gasteiger partial charge in [0.05, 0.1) is 28.3 Å². The number of anilines is 2. The maximum atomic E-state index is 14.1. The minimum absolute atomic E-state index is 0.0622. The van der Waals surface area contributed by atoms with Gasteiger partial charge in [0.2, 0.25) is 11.8 Å². The number of imide groups is 2. The van der Waals surface area contributed by atoms with Crippen LogP contribution in [0.2, 0.25) is 0 Å². The number of nitrogens with zero attached hydrogens (tertiary/aromatic N) is 5. The molecule has 5 aliphatic rings. The number of rotatable bonds is 12. The molecule has 4 amide bonds. The van der Waals surface area contributed by atoms with Crippen LogP contribution >= 0.6 is 0 Å². The van der Waals surface area contributed by atoms with Crippen molar-refractivity contribution in [1.29, 1.82) is 5.26 Å². The van der Waals surface area contributed by atoms with Crippen LogP contribution in [0.15, 0.2) is 48.5 Å².